The van der Waals surface area contributed by atoms with E-state index >= 15 is 0 Å². The van der Waals surface area contributed by atoms with Gasteiger partial charge in [-0.2, -0.15) is 0 Å². The summed E-state index contributed by atoms with van der Waals surface area (Å²) in [6.07, 6.45) is 2.44. The number of nitrogens with two attached hydrogens (primary N) is 1. The van der Waals surface area contributed by atoms with Crippen molar-refractivity contribution in [1.82, 2.24) is 9.97 Å². The third-order valence-corrected chi connectivity index (χ3v) is 3.44. The molecule has 0 atom stereocenters. The quantitative estimate of drug-likeness (QED) is 0.616. The van der Waals surface area contributed by atoms with Gasteiger partial charge >= 0.3 is 0 Å². The second kappa shape index (κ2) is 5.49. The number of rotatable bonds is 3. The molecule has 0 radical (unpaired) electrons. The highest BCUT2D eigenvalue weighted by atomic mass is 16.5. The Kier molecular flexibility index (Phi) is 3.98. The van der Waals surface area contributed by atoms with Gasteiger partial charge in [-0.15, -0.1) is 0 Å². The molecule has 6 heteroatoms. The molecule has 0 bridgehead atoms. The van der Waals surface area contributed by atoms with Crippen LogP contribution in [0.1, 0.15) is 24.2 Å². The molecule has 1 aliphatic heterocycles. The molecule has 1 aromatic heterocycles. The number of hydrogen-bond donors (Lipinski definition) is 2. The van der Waals surface area contributed by atoms with Crippen molar-refractivity contribution in [1.29, 1.82) is 0 Å². The van der Waals surface area contributed by atoms with Crippen LogP contribution in [-0.2, 0) is 4.74 Å². The van der Waals surface area contributed by atoms with E-state index in [0.29, 0.717) is 11.9 Å². The maximum absolute atomic E-state index is 5.48. The lowest BCUT2D eigenvalue weighted by atomic mass is 10.1. The second-order valence-electron chi connectivity index (χ2n) is 4.63. The van der Waals surface area contributed by atoms with Crippen LogP contribution in [0.3, 0.4) is 0 Å². The summed E-state index contributed by atoms with van der Waals surface area (Å²) in [7, 11) is 1.77. The number of hydrogen-bond acceptors (Lipinski definition) is 6. The van der Waals surface area contributed by atoms with E-state index in [-0.39, 0.29) is 0 Å². The minimum atomic E-state index is 0.372. The Morgan fingerprint density at radius 3 is 2.50 bits per heavy atom. The van der Waals surface area contributed by atoms with Gasteiger partial charge in [0.1, 0.15) is 17.5 Å². The maximum atomic E-state index is 5.48. The summed E-state index contributed by atoms with van der Waals surface area (Å²) in [6.45, 7) is 5.79. The molecule has 1 fully saturated rings. The Bertz CT molecular complexity index is 415. The number of piperidine rings is 1. The lowest BCUT2D eigenvalue weighted by Crippen LogP contribution is -2.37. The fourth-order valence-electron chi connectivity index (χ4n) is 2.37. The lowest BCUT2D eigenvalue weighted by Gasteiger charge is -2.33. The van der Waals surface area contributed by atoms with Crippen molar-refractivity contribution in [2.75, 3.05) is 30.5 Å². The van der Waals surface area contributed by atoms with Crippen LogP contribution in [0.4, 0.5) is 11.6 Å². The van der Waals surface area contributed by atoms with Crippen LogP contribution < -0.4 is 16.2 Å². The fraction of sp³-hybridized carbons (Fsp3) is 0.667. The molecule has 18 heavy (non-hydrogen) atoms. The standard InChI is InChI=1S/C12H21N5O/c1-8-11(16-13)14-9(2)15-12(8)17-6-4-10(18-3)5-7-17/h10H,4-7,13H2,1-3H3,(H,14,15,16). The lowest BCUT2D eigenvalue weighted by molar-refractivity contribution is 0.0818. The highest BCUT2D eigenvalue weighted by Crippen LogP contribution is 2.26. The minimum absolute atomic E-state index is 0.372. The summed E-state index contributed by atoms with van der Waals surface area (Å²) < 4.78 is 5.38. The summed E-state index contributed by atoms with van der Waals surface area (Å²) in [4.78, 5) is 11.1. The van der Waals surface area contributed by atoms with E-state index in [1.807, 2.05) is 13.8 Å². The van der Waals surface area contributed by atoms with Crippen LogP contribution in [0.2, 0.25) is 0 Å². The van der Waals surface area contributed by atoms with Gasteiger partial charge in [-0.1, -0.05) is 0 Å². The molecule has 3 N–H and O–H groups in total. The van der Waals surface area contributed by atoms with Crippen LogP contribution in [0.5, 0.6) is 0 Å². The van der Waals surface area contributed by atoms with E-state index < -0.39 is 0 Å². The molecule has 0 saturated carbocycles. The molecular formula is C12H21N5O. The van der Waals surface area contributed by atoms with Crippen molar-refractivity contribution in [3.05, 3.63) is 11.4 Å². The van der Waals surface area contributed by atoms with Crippen LogP contribution in [0, 0.1) is 13.8 Å². The Hall–Kier alpha value is -1.40. The van der Waals surface area contributed by atoms with E-state index in [0.717, 1.165) is 43.1 Å². The van der Waals surface area contributed by atoms with E-state index in [4.69, 9.17) is 10.6 Å². The van der Waals surface area contributed by atoms with Gasteiger partial charge in [-0.05, 0) is 26.7 Å². The zero-order chi connectivity index (χ0) is 13.1. The van der Waals surface area contributed by atoms with Gasteiger partial charge < -0.3 is 15.1 Å². The summed E-state index contributed by atoms with van der Waals surface area (Å²) >= 11 is 0. The van der Waals surface area contributed by atoms with Gasteiger partial charge in [0.2, 0.25) is 0 Å². The molecule has 1 aromatic rings. The molecular weight excluding hydrogens is 230 g/mol. The van der Waals surface area contributed by atoms with Crippen molar-refractivity contribution in [3.63, 3.8) is 0 Å². The second-order valence-corrected chi connectivity index (χ2v) is 4.63. The van der Waals surface area contributed by atoms with Gasteiger partial charge in [0.05, 0.1) is 6.10 Å². The first-order valence-corrected chi connectivity index (χ1v) is 6.25. The van der Waals surface area contributed by atoms with E-state index in [1.165, 1.54) is 0 Å². The number of anilines is 2. The monoisotopic (exact) mass is 251 g/mol. The number of nitrogens with one attached hydrogen (secondary N) is 1. The molecule has 100 valence electrons. The number of ether oxygens (including phenoxy) is 1. The van der Waals surface area contributed by atoms with Crippen molar-refractivity contribution in [3.8, 4) is 0 Å². The van der Waals surface area contributed by atoms with Crippen molar-refractivity contribution >= 4 is 11.6 Å². The number of hydrazine groups is 1. The van der Waals surface area contributed by atoms with Crippen molar-refractivity contribution in [2.24, 2.45) is 5.84 Å². The molecule has 0 spiro atoms. The molecule has 0 amide bonds. The number of methoxy groups -OCH3 is 1. The average molecular weight is 251 g/mol. The molecule has 0 aliphatic carbocycles. The molecule has 6 nitrogen and oxygen atoms in total. The normalized spacial score (nSPS) is 17.0. The third-order valence-electron chi connectivity index (χ3n) is 3.44. The van der Waals surface area contributed by atoms with Crippen LogP contribution >= 0.6 is 0 Å². The highest BCUT2D eigenvalue weighted by molar-refractivity contribution is 5.58. The summed E-state index contributed by atoms with van der Waals surface area (Å²) in [5.74, 6) is 7.89. The smallest absolute Gasteiger partial charge is 0.148 e. The zero-order valence-corrected chi connectivity index (χ0v) is 11.2. The van der Waals surface area contributed by atoms with Gasteiger partial charge in [-0.3, -0.25) is 0 Å². The number of nitrogen functional groups attached to an aromatic ring is 1. The summed E-state index contributed by atoms with van der Waals surface area (Å²) in [5.41, 5.74) is 3.63. The van der Waals surface area contributed by atoms with Gasteiger partial charge in [0, 0.05) is 25.8 Å². The number of aromatic nitrogens is 2. The Morgan fingerprint density at radius 1 is 1.28 bits per heavy atom. The van der Waals surface area contributed by atoms with Gasteiger partial charge in [0.15, 0.2) is 0 Å². The van der Waals surface area contributed by atoms with Gasteiger partial charge in [0.25, 0.3) is 0 Å². The Labute approximate surface area is 108 Å². The minimum Gasteiger partial charge on any atom is -0.381 e. The van der Waals surface area contributed by atoms with Crippen LogP contribution in [-0.4, -0.2) is 36.3 Å². The first kappa shape index (κ1) is 13.0. The summed E-state index contributed by atoms with van der Waals surface area (Å²) in [6, 6.07) is 0. The molecule has 0 aromatic carbocycles. The largest absolute Gasteiger partial charge is 0.381 e. The van der Waals surface area contributed by atoms with Crippen LogP contribution in [0.25, 0.3) is 0 Å². The highest BCUT2D eigenvalue weighted by Gasteiger charge is 2.22. The molecule has 1 aliphatic rings. The topological polar surface area (TPSA) is 76.3 Å². The predicted octanol–water partition coefficient (Wildman–Crippen LogP) is 0.994. The Balaban J connectivity index is 2.21. The maximum Gasteiger partial charge on any atom is 0.148 e. The van der Waals surface area contributed by atoms with Gasteiger partial charge in [-0.25, -0.2) is 15.8 Å². The average Bonchev–Trinajstić information content (AvgIpc) is 2.41. The Morgan fingerprint density at radius 2 is 1.94 bits per heavy atom. The molecule has 2 rings (SSSR count). The zero-order valence-electron chi connectivity index (χ0n) is 11.2. The number of nitrogens with zero attached hydrogens (tertiary/aromatic N) is 3. The fourth-order valence-corrected chi connectivity index (χ4v) is 2.37. The van der Waals surface area contributed by atoms with Crippen molar-refractivity contribution < 1.29 is 4.74 Å². The SMILES string of the molecule is COC1CCN(c2nc(C)nc(NN)c2C)CC1. The summed E-state index contributed by atoms with van der Waals surface area (Å²) in [5, 5.41) is 0. The first-order chi connectivity index (χ1) is 8.65. The van der Waals surface area contributed by atoms with E-state index in [2.05, 4.69) is 20.3 Å². The van der Waals surface area contributed by atoms with E-state index in [1.54, 1.807) is 7.11 Å². The molecule has 2 heterocycles. The van der Waals surface area contributed by atoms with E-state index in [9.17, 15) is 0 Å². The molecule has 1 saturated heterocycles. The first-order valence-electron chi connectivity index (χ1n) is 6.25. The molecule has 0 unspecified atom stereocenters. The predicted molar refractivity (Wildman–Crippen MR) is 71.6 cm³/mol. The third kappa shape index (κ3) is 2.54. The van der Waals surface area contributed by atoms with Crippen molar-refractivity contribution in [2.45, 2.75) is 32.8 Å². The van der Waals surface area contributed by atoms with Crippen LogP contribution in [0.15, 0.2) is 0 Å². The number of aryl methyl sites for hydroxylation is 1.